The Balaban J connectivity index is 1.54. The van der Waals surface area contributed by atoms with E-state index in [2.05, 4.69) is 15.3 Å². The second kappa shape index (κ2) is 7.08. The second-order valence-electron chi connectivity index (χ2n) is 5.85. The van der Waals surface area contributed by atoms with Crippen LogP contribution in [0, 0.1) is 0 Å². The summed E-state index contributed by atoms with van der Waals surface area (Å²) >= 11 is 0. The van der Waals surface area contributed by atoms with E-state index in [0.717, 1.165) is 6.07 Å². The minimum absolute atomic E-state index is 0.0214. The Morgan fingerprint density at radius 3 is 2.44 bits per heavy atom. The Hall–Kier alpha value is -2.64. The molecule has 1 aliphatic rings. The average Bonchev–Trinajstić information content (AvgIpc) is 2.62. The van der Waals surface area contributed by atoms with Gasteiger partial charge in [-0.2, -0.15) is 13.2 Å². The Labute approximate surface area is 142 Å². The van der Waals surface area contributed by atoms with Crippen molar-refractivity contribution in [2.75, 3.05) is 18.0 Å². The smallest absolute Gasteiger partial charge is 0.370 e. The van der Waals surface area contributed by atoms with Gasteiger partial charge in [-0.15, -0.1) is 0 Å². The van der Waals surface area contributed by atoms with E-state index in [4.69, 9.17) is 0 Å². The number of nitrogens with zero attached hydrogens (tertiary/aromatic N) is 3. The Morgan fingerprint density at radius 2 is 1.88 bits per heavy atom. The van der Waals surface area contributed by atoms with Crippen LogP contribution in [0.15, 0.2) is 42.7 Å². The first kappa shape index (κ1) is 17.2. The van der Waals surface area contributed by atoms with Crippen LogP contribution >= 0.6 is 0 Å². The number of carbonyl (C=O) groups excluding carboxylic acids is 1. The van der Waals surface area contributed by atoms with Gasteiger partial charge in [0.05, 0.1) is 11.9 Å². The number of alkyl halides is 3. The quantitative estimate of drug-likeness (QED) is 0.925. The molecule has 25 heavy (non-hydrogen) atoms. The third-order valence-electron chi connectivity index (χ3n) is 4.13. The fourth-order valence-corrected chi connectivity index (χ4v) is 2.78. The molecule has 0 atom stereocenters. The van der Waals surface area contributed by atoms with E-state index in [1.165, 1.54) is 12.3 Å². The van der Waals surface area contributed by atoms with Crippen molar-refractivity contribution in [3.05, 3.63) is 54.1 Å². The molecule has 1 N–H and O–H groups in total. The van der Waals surface area contributed by atoms with Gasteiger partial charge in [-0.1, -0.05) is 6.07 Å². The third-order valence-corrected chi connectivity index (χ3v) is 4.13. The van der Waals surface area contributed by atoms with Crippen LogP contribution in [0.5, 0.6) is 0 Å². The molecular weight excluding hydrogens is 333 g/mol. The van der Waals surface area contributed by atoms with Crippen molar-refractivity contribution in [1.82, 2.24) is 15.3 Å². The van der Waals surface area contributed by atoms with Crippen molar-refractivity contribution in [2.24, 2.45) is 0 Å². The second-order valence-corrected chi connectivity index (χ2v) is 5.85. The molecule has 3 heterocycles. The molecule has 2 aromatic rings. The van der Waals surface area contributed by atoms with Crippen molar-refractivity contribution in [1.29, 1.82) is 0 Å². The van der Waals surface area contributed by atoms with Gasteiger partial charge in [0.15, 0.2) is 0 Å². The molecule has 1 amide bonds. The van der Waals surface area contributed by atoms with E-state index in [9.17, 15) is 18.0 Å². The predicted molar refractivity (Wildman–Crippen MR) is 86.2 cm³/mol. The minimum atomic E-state index is -4.43. The van der Waals surface area contributed by atoms with E-state index >= 15 is 0 Å². The molecule has 8 heteroatoms. The van der Waals surface area contributed by atoms with Gasteiger partial charge in [-0.3, -0.25) is 9.78 Å². The summed E-state index contributed by atoms with van der Waals surface area (Å²) in [7, 11) is 0. The maximum Gasteiger partial charge on any atom is 0.433 e. The summed E-state index contributed by atoms with van der Waals surface area (Å²) in [5, 5.41) is 2.94. The highest BCUT2D eigenvalue weighted by molar-refractivity contribution is 5.92. The number of halogens is 3. The molecule has 0 bridgehead atoms. The molecule has 0 aliphatic carbocycles. The van der Waals surface area contributed by atoms with E-state index in [0.29, 0.717) is 37.3 Å². The summed E-state index contributed by atoms with van der Waals surface area (Å²) in [6, 6.07) is 7.59. The maximum atomic E-state index is 12.6. The van der Waals surface area contributed by atoms with Gasteiger partial charge in [-0.25, -0.2) is 4.98 Å². The van der Waals surface area contributed by atoms with Crippen molar-refractivity contribution in [2.45, 2.75) is 25.1 Å². The van der Waals surface area contributed by atoms with Crippen LogP contribution in [0.3, 0.4) is 0 Å². The van der Waals surface area contributed by atoms with Crippen molar-refractivity contribution >= 4 is 11.6 Å². The summed E-state index contributed by atoms with van der Waals surface area (Å²) < 4.78 is 37.7. The fraction of sp³-hybridized carbons (Fsp3) is 0.353. The first-order valence-electron chi connectivity index (χ1n) is 7.93. The van der Waals surface area contributed by atoms with Crippen LogP contribution in [0.1, 0.15) is 29.0 Å². The molecule has 132 valence electrons. The maximum absolute atomic E-state index is 12.6. The number of piperidine rings is 1. The van der Waals surface area contributed by atoms with Gasteiger partial charge < -0.3 is 10.2 Å². The molecule has 1 saturated heterocycles. The van der Waals surface area contributed by atoms with Gasteiger partial charge >= 0.3 is 6.18 Å². The number of hydrogen-bond donors (Lipinski definition) is 1. The molecule has 0 aromatic carbocycles. The van der Waals surface area contributed by atoms with Crippen molar-refractivity contribution < 1.29 is 18.0 Å². The topological polar surface area (TPSA) is 58.1 Å². The van der Waals surface area contributed by atoms with E-state index in [1.807, 2.05) is 4.90 Å². The molecule has 3 rings (SSSR count). The number of amides is 1. The summed E-state index contributed by atoms with van der Waals surface area (Å²) in [5.74, 6) is -0.213. The molecule has 5 nitrogen and oxygen atoms in total. The van der Waals surface area contributed by atoms with E-state index < -0.39 is 11.9 Å². The summed E-state index contributed by atoms with van der Waals surface area (Å²) in [5.41, 5.74) is 0.133. The molecule has 0 saturated carbocycles. The van der Waals surface area contributed by atoms with Gasteiger partial charge in [0.1, 0.15) is 11.4 Å². The van der Waals surface area contributed by atoms with Crippen LogP contribution in [-0.4, -0.2) is 35.0 Å². The number of pyridine rings is 2. The summed E-state index contributed by atoms with van der Waals surface area (Å²) in [6.45, 7) is 1.28. The molecule has 2 aromatic heterocycles. The number of nitrogens with one attached hydrogen (secondary N) is 1. The highest BCUT2D eigenvalue weighted by Gasteiger charge is 2.32. The van der Waals surface area contributed by atoms with Gasteiger partial charge in [0.25, 0.3) is 5.91 Å². The standard InChI is InChI=1S/C17H17F3N4O/c18-17(19,20)15-5-4-13(11-22-15)24-9-6-12(7-10-24)23-16(25)14-3-1-2-8-21-14/h1-5,8,11-12H,6-7,9-10H2,(H,23,25). The van der Waals surface area contributed by atoms with Crippen molar-refractivity contribution in [3.8, 4) is 0 Å². The monoisotopic (exact) mass is 350 g/mol. The van der Waals surface area contributed by atoms with Crippen LogP contribution in [-0.2, 0) is 6.18 Å². The van der Waals surface area contributed by atoms with E-state index in [-0.39, 0.29) is 11.9 Å². The number of rotatable bonds is 3. The lowest BCUT2D eigenvalue weighted by Gasteiger charge is -2.33. The van der Waals surface area contributed by atoms with Crippen LogP contribution < -0.4 is 10.2 Å². The zero-order chi connectivity index (χ0) is 17.9. The van der Waals surface area contributed by atoms with Crippen LogP contribution in [0.25, 0.3) is 0 Å². The van der Waals surface area contributed by atoms with Gasteiger partial charge in [-0.05, 0) is 37.1 Å². The zero-order valence-electron chi connectivity index (χ0n) is 13.3. The minimum Gasteiger partial charge on any atom is -0.370 e. The molecule has 0 spiro atoms. The highest BCUT2D eigenvalue weighted by Crippen LogP contribution is 2.29. The number of carbonyl (C=O) groups is 1. The lowest BCUT2D eigenvalue weighted by atomic mass is 10.0. The SMILES string of the molecule is O=C(NC1CCN(c2ccc(C(F)(F)F)nc2)CC1)c1ccccn1. The normalized spacial score (nSPS) is 15.9. The third kappa shape index (κ3) is 4.26. The molecule has 1 aliphatic heterocycles. The molecule has 1 fully saturated rings. The Bertz CT molecular complexity index is 711. The average molecular weight is 350 g/mol. The van der Waals surface area contributed by atoms with Gasteiger partial charge in [0.2, 0.25) is 0 Å². The first-order valence-corrected chi connectivity index (χ1v) is 7.93. The molecule has 0 unspecified atom stereocenters. The Kier molecular flexibility index (Phi) is 4.87. The summed E-state index contributed by atoms with van der Waals surface area (Å²) in [6.07, 6.45) is -0.203. The predicted octanol–water partition coefficient (Wildman–Crippen LogP) is 2.89. The van der Waals surface area contributed by atoms with Crippen LogP contribution in [0.4, 0.5) is 18.9 Å². The molecular formula is C17H17F3N4O. The highest BCUT2D eigenvalue weighted by atomic mass is 19.4. The fourth-order valence-electron chi connectivity index (χ4n) is 2.78. The van der Waals surface area contributed by atoms with Crippen LogP contribution in [0.2, 0.25) is 0 Å². The van der Waals surface area contributed by atoms with Crippen molar-refractivity contribution in [3.63, 3.8) is 0 Å². The Morgan fingerprint density at radius 1 is 1.12 bits per heavy atom. The largest absolute Gasteiger partial charge is 0.433 e. The lowest BCUT2D eigenvalue weighted by Crippen LogP contribution is -2.44. The van der Waals surface area contributed by atoms with E-state index in [1.54, 1.807) is 24.4 Å². The van der Waals surface area contributed by atoms with Gasteiger partial charge in [0, 0.05) is 25.3 Å². The number of anilines is 1. The summed E-state index contributed by atoms with van der Waals surface area (Å²) in [4.78, 5) is 21.6. The zero-order valence-corrected chi connectivity index (χ0v) is 13.3. The first-order chi connectivity index (χ1) is 11.9. The number of hydrogen-bond acceptors (Lipinski definition) is 4. The molecule has 0 radical (unpaired) electrons. The number of aromatic nitrogens is 2. The lowest BCUT2D eigenvalue weighted by molar-refractivity contribution is -0.141.